The van der Waals surface area contributed by atoms with Crippen LogP contribution in [0.2, 0.25) is 0 Å². The second-order valence-corrected chi connectivity index (χ2v) is 4.20. The first-order valence-corrected chi connectivity index (χ1v) is 5.73. The van der Waals surface area contributed by atoms with E-state index in [0.29, 0.717) is 0 Å². The van der Waals surface area contributed by atoms with E-state index >= 15 is 0 Å². The van der Waals surface area contributed by atoms with Gasteiger partial charge in [0.25, 0.3) is 0 Å². The highest BCUT2D eigenvalue weighted by Gasteiger charge is 2.19. The number of rotatable bonds is 4. The van der Waals surface area contributed by atoms with Gasteiger partial charge in [-0.1, -0.05) is 12.1 Å². The first-order chi connectivity index (χ1) is 7.92. The minimum atomic E-state index is 0.744. The number of hydrogen-bond donors (Lipinski definition) is 1. The smallest absolute Gasteiger partial charge is 0.152 e. The van der Waals surface area contributed by atoms with Gasteiger partial charge in [0.05, 0.1) is 5.52 Å². The molecule has 1 heterocycles. The molecule has 0 radical (unpaired) electrons. The van der Waals surface area contributed by atoms with Crippen LogP contribution in [-0.2, 0) is 6.42 Å². The molecule has 82 valence electrons. The van der Waals surface area contributed by atoms with Gasteiger partial charge in [-0.2, -0.15) is 0 Å². The molecule has 1 saturated carbocycles. The van der Waals surface area contributed by atoms with E-state index in [9.17, 15) is 0 Å². The fourth-order valence-electron chi connectivity index (χ4n) is 1.70. The molecule has 4 nitrogen and oxygen atoms in total. The summed E-state index contributed by atoms with van der Waals surface area (Å²) in [7, 11) is 0. The predicted molar refractivity (Wildman–Crippen MR) is 62.1 cm³/mol. The van der Waals surface area contributed by atoms with Gasteiger partial charge in [0.15, 0.2) is 5.82 Å². The SMILES string of the molecule is c1ccc2nc(CCNC3CC3)nnc2c1. The first kappa shape index (κ1) is 9.66. The maximum atomic E-state index is 4.48. The van der Waals surface area contributed by atoms with Gasteiger partial charge in [0, 0.05) is 19.0 Å². The minimum Gasteiger partial charge on any atom is -0.314 e. The molecule has 1 fully saturated rings. The highest BCUT2D eigenvalue weighted by atomic mass is 15.2. The van der Waals surface area contributed by atoms with Gasteiger partial charge in [0.1, 0.15) is 5.52 Å². The second-order valence-electron chi connectivity index (χ2n) is 4.20. The third-order valence-corrected chi connectivity index (χ3v) is 2.76. The maximum Gasteiger partial charge on any atom is 0.152 e. The largest absolute Gasteiger partial charge is 0.314 e. The van der Waals surface area contributed by atoms with Crippen molar-refractivity contribution in [3.05, 3.63) is 30.1 Å². The average Bonchev–Trinajstić information content (AvgIpc) is 3.13. The molecule has 1 aliphatic carbocycles. The van der Waals surface area contributed by atoms with Gasteiger partial charge in [-0.05, 0) is 25.0 Å². The summed E-state index contributed by atoms with van der Waals surface area (Å²) in [4.78, 5) is 4.48. The molecule has 0 bridgehead atoms. The summed E-state index contributed by atoms with van der Waals surface area (Å²) in [6, 6.07) is 8.58. The molecule has 4 heteroatoms. The van der Waals surface area contributed by atoms with Crippen LogP contribution in [-0.4, -0.2) is 27.8 Å². The molecule has 0 amide bonds. The zero-order chi connectivity index (χ0) is 10.8. The average molecular weight is 214 g/mol. The van der Waals surface area contributed by atoms with Gasteiger partial charge >= 0.3 is 0 Å². The van der Waals surface area contributed by atoms with Gasteiger partial charge in [-0.25, -0.2) is 4.98 Å². The molecule has 0 atom stereocenters. The van der Waals surface area contributed by atoms with Crippen LogP contribution in [0.4, 0.5) is 0 Å². The van der Waals surface area contributed by atoms with Crippen molar-refractivity contribution in [3.8, 4) is 0 Å². The van der Waals surface area contributed by atoms with Crippen molar-refractivity contribution >= 4 is 11.0 Å². The third kappa shape index (κ3) is 2.17. The van der Waals surface area contributed by atoms with Crippen LogP contribution in [0.3, 0.4) is 0 Å². The Hall–Kier alpha value is -1.55. The Morgan fingerprint density at radius 2 is 1.94 bits per heavy atom. The van der Waals surface area contributed by atoms with Gasteiger partial charge in [0.2, 0.25) is 0 Å². The summed E-state index contributed by atoms with van der Waals surface area (Å²) in [6.07, 6.45) is 3.49. The van der Waals surface area contributed by atoms with Crippen molar-refractivity contribution in [1.29, 1.82) is 0 Å². The molecule has 0 aliphatic heterocycles. The Kier molecular flexibility index (Phi) is 2.50. The molecule has 2 aromatic rings. The molecular weight excluding hydrogens is 200 g/mol. The molecule has 1 aromatic heterocycles. The van der Waals surface area contributed by atoms with Crippen LogP contribution >= 0.6 is 0 Å². The molecular formula is C12H14N4. The molecule has 1 aromatic carbocycles. The predicted octanol–water partition coefficient (Wildman–Crippen LogP) is 1.32. The molecule has 0 saturated heterocycles. The quantitative estimate of drug-likeness (QED) is 0.834. The Balaban J connectivity index is 1.71. The summed E-state index contributed by atoms with van der Waals surface area (Å²) < 4.78 is 0. The van der Waals surface area contributed by atoms with Crippen molar-refractivity contribution in [2.45, 2.75) is 25.3 Å². The highest BCUT2D eigenvalue weighted by Crippen LogP contribution is 2.18. The fraction of sp³-hybridized carbons (Fsp3) is 0.417. The second kappa shape index (κ2) is 4.14. The van der Waals surface area contributed by atoms with Crippen molar-refractivity contribution in [1.82, 2.24) is 20.5 Å². The van der Waals surface area contributed by atoms with E-state index in [1.807, 2.05) is 24.3 Å². The lowest BCUT2D eigenvalue weighted by Crippen LogP contribution is -2.20. The molecule has 16 heavy (non-hydrogen) atoms. The van der Waals surface area contributed by atoms with Crippen LogP contribution in [0.15, 0.2) is 24.3 Å². The third-order valence-electron chi connectivity index (χ3n) is 2.76. The topological polar surface area (TPSA) is 50.7 Å². The number of nitrogens with one attached hydrogen (secondary N) is 1. The van der Waals surface area contributed by atoms with Crippen LogP contribution < -0.4 is 5.32 Å². The summed E-state index contributed by atoms with van der Waals surface area (Å²) in [6.45, 7) is 0.949. The summed E-state index contributed by atoms with van der Waals surface area (Å²) in [5.74, 6) is 0.826. The number of hydrogen-bond acceptors (Lipinski definition) is 4. The van der Waals surface area contributed by atoms with Crippen LogP contribution in [0, 0.1) is 0 Å². The van der Waals surface area contributed by atoms with E-state index in [0.717, 1.165) is 35.9 Å². The maximum absolute atomic E-state index is 4.48. The van der Waals surface area contributed by atoms with E-state index in [4.69, 9.17) is 0 Å². The van der Waals surface area contributed by atoms with Crippen molar-refractivity contribution < 1.29 is 0 Å². The van der Waals surface area contributed by atoms with Gasteiger partial charge in [-0.3, -0.25) is 0 Å². The monoisotopic (exact) mass is 214 g/mol. The minimum absolute atomic E-state index is 0.744. The lowest BCUT2D eigenvalue weighted by molar-refractivity contribution is 0.661. The molecule has 0 unspecified atom stereocenters. The summed E-state index contributed by atoms with van der Waals surface area (Å²) in [5, 5.41) is 11.7. The standard InChI is InChI=1S/C12H14N4/c1-2-4-11-10(3-1)14-12(16-15-11)7-8-13-9-5-6-9/h1-4,9,13H,5-8H2. The van der Waals surface area contributed by atoms with E-state index < -0.39 is 0 Å². The zero-order valence-electron chi connectivity index (χ0n) is 9.06. The number of nitrogens with zero attached hydrogens (tertiary/aromatic N) is 3. The Morgan fingerprint density at radius 1 is 1.12 bits per heavy atom. The molecule has 3 rings (SSSR count). The van der Waals surface area contributed by atoms with Crippen LogP contribution in [0.5, 0.6) is 0 Å². The van der Waals surface area contributed by atoms with Gasteiger partial charge in [-0.15, -0.1) is 10.2 Å². The van der Waals surface area contributed by atoms with Crippen molar-refractivity contribution in [2.24, 2.45) is 0 Å². The first-order valence-electron chi connectivity index (χ1n) is 5.73. The van der Waals surface area contributed by atoms with Crippen LogP contribution in [0.25, 0.3) is 11.0 Å². The molecule has 1 N–H and O–H groups in total. The van der Waals surface area contributed by atoms with E-state index in [1.165, 1.54) is 12.8 Å². The Morgan fingerprint density at radius 3 is 2.75 bits per heavy atom. The lowest BCUT2D eigenvalue weighted by atomic mass is 10.3. The number of benzene rings is 1. The summed E-state index contributed by atoms with van der Waals surface area (Å²) >= 11 is 0. The van der Waals surface area contributed by atoms with Crippen molar-refractivity contribution in [2.75, 3.05) is 6.54 Å². The van der Waals surface area contributed by atoms with Crippen LogP contribution in [0.1, 0.15) is 18.7 Å². The number of fused-ring (bicyclic) bond motifs is 1. The molecule has 0 spiro atoms. The van der Waals surface area contributed by atoms with Crippen molar-refractivity contribution in [3.63, 3.8) is 0 Å². The van der Waals surface area contributed by atoms with E-state index in [-0.39, 0.29) is 0 Å². The van der Waals surface area contributed by atoms with Gasteiger partial charge < -0.3 is 5.32 Å². The lowest BCUT2D eigenvalue weighted by Gasteiger charge is -2.02. The fourth-order valence-corrected chi connectivity index (χ4v) is 1.70. The zero-order valence-corrected chi connectivity index (χ0v) is 9.06. The Bertz CT molecular complexity index is 493. The number of aromatic nitrogens is 3. The molecule has 1 aliphatic rings. The highest BCUT2D eigenvalue weighted by molar-refractivity contribution is 5.72. The Labute approximate surface area is 94.1 Å². The van der Waals surface area contributed by atoms with E-state index in [1.54, 1.807) is 0 Å². The number of para-hydroxylation sites is 1. The normalized spacial score (nSPS) is 15.5. The van der Waals surface area contributed by atoms with E-state index in [2.05, 4.69) is 20.5 Å². The summed E-state index contributed by atoms with van der Waals surface area (Å²) in [5.41, 5.74) is 1.79.